The number of aromatic nitrogens is 2. The number of methoxy groups -OCH3 is 1. The molecule has 0 saturated heterocycles. The quantitative estimate of drug-likeness (QED) is 0.725. The Balaban J connectivity index is 2.29. The van der Waals surface area contributed by atoms with Crippen LogP contribution < -0.4 is 5.32 Å². The Labute approximate surface area is 101 Å². The van der Waals surface area contributed by atoms with Crippen LogP contribution in [0.15, 0.2) is 12.3 Å². The van der Waals surface area contributed by atoms with Crippen molar-refractivity contribution < 1.29 is 14.3 Å². The number of nitrogens with one attached hydrogen (secondary N) is 1. The van der Waals surface area contributed by atoms with E-state index in [0.29, 0.717) is 19.0 Å². The zero-order valence-electron chi connectivity index (χ0n) is 10.5. The SMILES string of the molecule is COCCOCC(=O)Nc1ccn(C(C)C)n1. The Hall–Kier alpha value is -1.40. The molecule has 0 bridgehead atoms. The molecule has 96 valence electrons. The number of ether oxygens (including phenoxy) is 2. The van der Waals surface area contributed by atoms with Crippen LogP contribution in [-0.4, -0.2) is 42.6 Å². The average Bonchev–Trinajstić information content (AvgIpc) is 2.73. The lowest BCUT2D eigenvalue weighted by molar-refractivity contribution is -0.121. The van der Waals surface area contributed by atoms with Gasteiger partial charge in [0.15, 0.2) is 5.82 Å². The van der Waals surface area contributed by atoms with Gasteiger partial charge in [-0.2, -0.15) is 5.10 Å². The maximum absolute atomic E-state index is 11.4. The lowest BCUT2D eigenvalue weighted by Gasteiger charge is -2.05. The molecule has 0 aromatic carbocycles. The third kappa shape index (κ3) is 4.97. The molecular formula is C11H19N3O3. The monoisotopic (exact) mass is 241 g/mol. The van der Waals surface area contributed by atoms with E-state index in [1.165, 1.54) is 0 Å². The highest BCUT2D eigenvalue weighted by atomic mass is 16.5. The highest BCUT2D eigenvalue weighted by Gasteiger charge is 2.06. The molecular weight excluding hydrogens is 222 g/mol. The van der Waals surface area contributed by atoms with Crippen molar-refractivity contribution in [2.45, 2.75) is 19.9 Å². The van der Waals surface area contributed by atoms with Crippen molar-refractivity contribution >= 4 is 11.7 Å². The fraction of sp³-hybridized carbons (Fsp3) is 0.636. The van der Waals surface area contributed by atoms with Crippen LogP contribution >= 0.6 is 0 Å². The van der Waals surface area contributed by atoms with Crippen molar-refractivity contribution in [3.63, 3.8) is 0 Å². The van der Waals surface area contributed by atoms with E-state index in [-0.39, 0.29) is 18.6 Å². The molecule has 6 heteroatoms. The number of carbonyl (C=O) groups is 1. The van der Waals surface area contributed by atoms with Crippen molar-refractivity contribution in [1.82, 2.24) is 9.78 Å². The van der Waals surface area contributed by atoms with E-state index in [4.69, 9.17) is 9.47 Å². The zero-order valence-corrected chi connectivity index (χ0v) is 10.5. The Morgan fingerprint density at radius 1 is 1.53 bits per heavy atom. The number of carbonyl (C=O) groups excluding carboxylic acids is 1. The zero-order chi connectivity index (χ0) is 12.7. The first kappa shape index (κ1) is 13.7. The average molecular weight is 241 g/mol. The van der Waals surface area contributed by atoms with E-state index in [9.17, 15) is 4.79 Å². The van der Waals surface area contributed by atoms with Gasteiger partial charge in [-0.05, 0) is 13.8 Å². The normalized spacial score (nSPS) is 10.8. The van der Waals surface area contributed by atoms with E-state index in [0.717, 1.165) is 0 Å². The smallest absolute Gasteiger partial charge is 0.251 e. The summed E-state index contributed by atoms with van der Waals surface area (Å²) in [5, 5.41) is 6.86. The van der Waals surface area contributed by atoms with E-state index in [2.05, 4.69) is 10.4 Å². The fourth-order valence-corrected chi connectivity index (χ4v) is 1.18. The van der Waals surface area contributed by atoms with Crippen LogP contribution in [-0.2, 0) is 14.3 Å². The number of hydrogen-bond donors (Lipinski definition) is 1. The third-order valence-corrected chi connectivity index (χ3v) is 2.07. The van der Waals surface area contributed by atoms with E-state index < -0.39 is 0 Å². The van der Waals surface area contributed by atoms with Crippen LogP contribution in [0.2, 0.25) is 0 Å². The first-order valence-electron chi connectivity index (χ1n) is 5.55. The molecule has 0 spiro atoms. The Morgan fingerprint density at radius 2 is 2.29 bits per heavy atom. The molecule has 0 unspecified atom stereocenters. The molecule has 1 aromatic heterocycles. The highest BCUT2D eigenvalue weighted by Crippen LogP contribution is 2.07. The van der Waals surface area contributed by atoms with Crippen molar-refractivity contribution in [2.75, 3.05) is 32.2 Å². The molecule has 0 aliphatic carbocycles. The minimum Gasteiger partial charge on any atom is -0.382 e. The van der Waals surface area contributed by atoms with Gasteiger partial charge in [-0.3, -0.25) is 9.48 Å². The highest BCUT2D eigenvalue weighted by molar-refractivity contribution is 5.90. The molecule has 1 heterocycles. The summed E-state index contributed by atoms with van der Waals surface area (Å²) in [5.41, 5.74) is 0. The van der Waals surface area contributed by atoms with Gasteiger partial charge in [0.1, 0.15) is 6.61 Å². The second-order valence-electron chi connectivity index (χ2n) is 3.87. The van der Waals surface area contributed by atoms with Crippen molar-refractivity contribution in [3.05, 3.63) is 12.3 Å². The van der Waals surface area contributed by atoms with E-state index >= 15 is 0 Å². The van der Waals surface area contributed by atoms with Crippen LogP contribution in [0, 0.1) is 0 Å². The van der Waals surface area contributed by atoms with Crippen LogP contribution in [0.1, 0.15) is 19.9 Å². The fourth-order valence-electron chi connectivity index (χ4n) is 1.18. The molecule has 17 heavy (non-hydrogen) atoms. The minimum atomic E-state index is -0.213. The van der Waals surface area contributed by atoms with Gasteiger partial charge in [-0.15, -0.1) is 0 Å². The molecule has 1 aromatic rings. The first-order valence-corrected chi connectivity index (χ1v) is 5.55. The number of rotatable bonds is 7. The predicted octanol–water partition coefficient (Wildman–Crippen LogP) is 1.07. The molecule has 0 aliphatic heterocycles. The van der Waals surface area contributed by atoms with Gasteiger partial charge in [-0.1, -0.05) is 0 Å². The molecule has 0 saturated carbocycles. The van der Waals surface area contributed by atoms with Gasteiger partial charge in [0, 0.05) is 25.4 Å². The predicted molar refractivity (Wildman–Crippen MR) is 63.9 cm³/mol. The van der Waals surface area contributed by atoms with Crippen LogP contribution in [0.4, 0.5) is 5.82 Å². The first-order chi connectivity index (χ1) is 8.13. The van der Waals surface area contributed by atoms with Gasteiger partial charge in [-0.25, -0.2) is 0 Å². The molecule has 0 aliphatic rings. The lowest BCUT2D eigenvalue weighted by atomic mass is 10.4. The lowest BCUT2D eigenvalue weighted by Crippen LogP contribution is -2.20. The summed E-state index contributed by atoms with van der Waals surface area (Å²) in [6.45, 7) is 4.94. The summed E-state index contributed by atoms with van der Waals surface area (Å²) >= 11 is 0. The van der Waals surface area contributed by atoms with Gasteiger partial charge in [0.25, 0.3) is 5.91 Å². The molecule has 0 radical (unpaired) electrons. The van der Waals surface area contributed by atoms with Crippen molar-refractivity contribution in [1.29, 1.82) is 0 Å². The molecule has 0 fully saturated rings. The summed E-state index contributed by atoms with van der Waals surface area (Å²) in [6, 6.07) is 2.03. The molecule has 1 rings (SSSR count). The Kier molecular flexibility index (Phi) is 5.65. The van der Waals surface area contributed by atoms with Crippen LogP contribution in [0.3, 0.4) is 0 Å². The van der Waals surface area contributed by atoms with Gasteiger partial charge in [0.2, 0.25) is 0 Å². The number of anilines is 1. The summed E-state index contributed by atoms with van der Waals surface area (Å²) in [4.78, 5) is 11.4. The minimum absolute atomic E-state index is 0.0118. The molecule has 1 amide bonds. The van der Waals surface area contributed by atoms with Crippen LogP contribution in [0.5, 0.6) is 0 Å². The topological polar surface area (TPSA) is 65.4 Å². The number of hydrogen-bond acceptors (Lipinski definition) is 4. The second kappa shape index (κ2) is 7.03. The number of amides is 1. The summed E-state index contributed by atoms with van der Waals surface area (Å²) in [6.07, 6.45) is 1.83. The molecule has 6 nitrogen and oxygen atoms in total. The van der Waals surface area contributed by atoms with Crippen molar-refractivity contribution in [2.24, 2.45) is 0 Å². The largest absolute Gasteiger partial charge is 0.382 e. The number of nitrogens with zero attached hydrogens (tertiary/aromatic N) is 2. The summed E-state index contributed by atoms with van der Waals surface area (Å²) in [5.74, 6) is 0.328. The standard InChI is InChI=1S/C11H19N3O3/c1-9(2)14-5-4-10(13-14)12-11(15)8-17-7-6-16-3/h4-5,9H,6-8H2,1-3H3,(H,12,13,15). The Bertz CT molecular complexity index is 349. The third-order valence-electron chi connectivity index (χ3n) is 2.07. The Morgan fingerprint density at radius 3 is 2.88 bits per heavy atom. The molecule has 1 N–H and O–H groups in total. The maximum atomic E-state index is 11.4. The molecule has 0 atom stereocenters. The maximum Gasteiger partial charge on any atom is 0.251 e. The summed E-state index contributed by atoms with van der Waals surface area (Å²) in [7, 11) is 1.59. The van der Waals surface area contributed by atoms with Crippen LogP contribution in [0.25, 0.3) is 0 Å². The van der Waals surface area contributed by atoms with Gasteiger partial charge < -0.3 is 14.8 Å². The van der Waals surface area contributed by atoms with Crippen molar-refractivity contribution in [3.8, 4) is 0 Å². The van der Waals surface area contributed by atoms with E-state index in [1.54, 1.807) is 17.9 Å². The van der Waals surface area contributed by atoms with Gasteiger partial charge in [0.05, 0.1) is 13.2 Å². The van der Waals surface area contributed by atoms with Gasteiger partial charge >= 0.3 is 0 Å². The van der Waals surface area contributed by atoms with E-state index in [1.807, 2.05) is 20.0 Å². The second-order valence-corrected chi connectivity index (χ2v) is 3.87. The summed E-state index contributed by atoms with van der Waals surface area (Å²) < 4.78 is 11.7.